The number of aromatic carboxylic acids is 1. The lowest BCUT2D eigenvalue weighted by atomic mass is 10.0. The van der Waals surface area contributed by atoms with E-state index in [9.17, 15) is 18.0 Å². The molecule has 0 saturated carbocycles. The van der Waals surface area contributed by atoms with Gasteiger partial charge in [-0.15, -0.1) is 0 Å². The molecular formula is C16H12ClF3O3. The molecule has 0 aliphatic carbocycles. The maximum Gasteiger partial charge on any atom is 0.420 e. The van der Waals surface area contributed by atoms with Crippen LogP contribution in [0.2, 0.25) is 5.02 Å². The first-order valence-electron chi connectivity index (χ1n) is 6.52. The summed E-state index contributed by atoms with van der Waals surface area (Å²) in [4.78, 5) is 11.1. The Hall–Kier alpha value is -2.21. The monoisotopic (exact) mass is 344 g/mol. The Balaban J connectivity index is 2.48. The molecule has 2 rings (SSSR count). The standard InChI is InChI=1S/C16H12ClF3O3/c1-9-13(17)11(15(21)22)7-12(16(18,19)20)14(9)23-8-10-5-3-2-4-6-10/h2-7H,8H2,1H3,(H,21,22). The highest BCUT2D eigenvalue weighted by Gasteiger charge is 2.37. The van der Waals surface area contributed by atoms with Crippen LogP contribution in [0, 0.1) is 6.92 Å². The molecule has 0 heterocycles. The number of hydrogen-bond donors (Lipinski definition) is 1. The van der Waals surface area contributed by atoms with Crippen LogP contribution in [-0.4, -0.2) is 11.1 Å². The van der Waals surface area contributed by atoms with E-state index in [4.69, 9.17) is 21.4 Å². The van der Waals surface area contributed by atoms with Gasteiger partial charge in [0, 0.05) is 5.56 Å². The number of benzene rings is 2. The molecule has 0 radical (unpaired) electrons. The van der Waals surface area contributed by atoms with Crippen LogP contribution < -0.4 is 4.74 Å². The van der Waals surface area contributed by atoms with E-state index in [1.807, 2.05) is 0 Å². The third-order valence-electron chi connectivity index (χ3n) is 3.20. The molecule has 0 amide bonds. The predicted molar refractivity (Wildman–Crippen MR) is 78.9 cm³/mol. The Kier molecular flexibility index (Phi) is 4.85. The van der Waals surface area contributed by atoms with Gasteiger partial charge < -0.3 is 9.84 Å². The number of alkyl halides is 3. The lowest BCUT2D eigenvalue weighted by Gasteiger charge is -2.18. The van der Waals surface area contributed by atoms with E-state index in [1.165, 1.54) is 6.92 Å². The number of hydrogen-bond acceptors (Lipinski definition) is 2. The van der Waals surface area contributed by atoms with Crippen LogP contribution in [0.5, 0.6) is 5.75 Å². The summed E-state index contributed by atoms with van der Waals surface area (Å²) in [6.45, 7) is 1.21. The fourth-order valence-electron chi connectivity index (χ4n) is 2.06. The summed E-state index contributed by atoms with van der Waals surface area (Å²) in [5, 5.41) is 8.72. The molecule has 3 nitrogen and oxygen atoms in total. The number of rotatable bonds is 4. The van der Waals surface area contributed by atoms with Gasteiger partial charge in [-0.2, -0.15) is 13.2 Å². The van der Waals surface area contributed by atoms with Gasteiger partial charge in [-0.3, -0.25) is 0 Å². The molecule has 1 N–H and O–H groups in total. The van der Waals surface area contributed by atoms with Gasteiger partial charge in [-0.25, -0.2) is 4.79 Å². The topological polar surface area (TPSA) is 46.5 Å². The average molecular weight is 345 g/mol. The van der Waals surface area contributed by atoms with Crippen LogP contribution in [0.4, 0.5) is 13.2 Å². The Morgan fingerprint density at radius 2 is 1.87 bits per heavy atom. The second-order valence-corrected chi connectivity index (χ2v) is 5.19. The lowest BCUT2D eigenvalue weighted by Crippen LogP contribution is -2.13. The van der Waals surface area contributed by atoms with E-state index in [-0.39, 0.29) is 17.2 Å². The van der Waals surface area contributed by atoms with Gasteiger partial charge in [0.15, 0.2) is 0 Å². The van der Waals surface area contributed by atoms with Crippen LogP contribution in [0.25, 0.3) is 0 Å². The maximum absolute atomic E-state index is 13.2. The van der Waals surface area contributed by atoms with Crippen molar-refractivity contribution >= 4 is 17.6 Å². The minimum absolute atomic E-state index is 0.0603. The van der Waals surface area contributed by atoms with Gasteiger partial charge in [-0.1, -0.05) is 41.9 Å². The lowest BCUT2D eigenvalue weighted by molar-refractivity contribution is -0.139. The summed E-state index contributed by atoms with van der Waals surface area (Å²) in [5.41, 5.74) is -1.15. The van der Waals surface area contributed by atoms with Gasteiger partial charge in [0.1, 0.15) is 12.4 Å². The minimum atomic E-state index is -4.76. The predicted octanol–water partition coefficient (Wildman–Crippen LogP) is 4.94. The summed E-state index contributed by atoms with van der Waals surface area (Å²) in [6, 6.07) is 9.14. The third kappa shape index (κ3) is 3.76. The van der Waals surface area contributed by atoms with Gasteiger partial charge in [0.2, 0.25) is 0 Å². The average Bonchev–Trinajstić information content (AvgIpc) is 2.48. The zero-order chi connectivity index (χ0) is 17.2. The summed E-state index contributed by atoms with van der Waals surface area (Å²) < 4.78 is 44.9. The van der Waals surface area contributed by atoms with Crippen LogP contribution in [0.15, 0.2) is 36.4 Å². The van der Waals surface area contributed by atoms with Gasteiger partial charge in [0.25, 0.3) is 0 Å². The second-order valence-electron chi connectivity index (χ2n) is 4.82. The highest BCUT2D eigenvalue weighted by Crippen LogP contribution is 2.42. The molecule has 0 unspecified atom stereocenters. The largest absolute Gasteiger partial charge is 0.488 e. The fraction of sp³-hybridized carbons (Fsp3) is 0.188. The van der Waals surface area contributed by atoms with Crippen molar-refractivity contribution in [2.45, 2.75) is 19.7 Å². The van der Waals surface area contributed by atoms with Crippen molar-refractivity contribution in [1.82, 2.24) is 0 Å². The van der Waals surface area contributed by atoms with Crippen LogP contribution >= 0.6 is 11.6 Å². The summed E-state index contributed by atoms with van der Waals surface area (Å²) in [5.74, 6) is -1.99. The van der Waals surface area contributed by atoms with E-state index in [2.05, 4.69) is 0 Å². The van der Waals surface area contributed by atoms with E-state index < -0.39 is 29.0 Å². The molecule has 0 aliphatic heterocycles. The quantitative estimate of drug-likeness (QED) is 0.854. The molecule has 0 spiro atoms. The fourth-order valence-corrected chi connectivity index (χ4v) is 2.28. The number of carboxylic acids is 1. The zero-order valence-electron chi connectivity index (χ0n) is 11.9. The molecular weight excluding hydrogens is 333 g/mol. The molecule has 2 aromatic rings. The van der Waals surface area contributed by atoms with Crippen molar-refractivity contribution in [2.24, 2.45) is 0 Å². The smallest absolute Gasteiger partial charge is 0.420 e. The third-order valence-corrected chi connectivity index (χ3v) is 3.69. The number of carbonyl (C=O) groups is 1. The van der Waals surface area contributed by atoms with Crippen molar-refractivity contribution in [3.8, 4) is 5.75 Å². The first-order chi connectivity index (χ1) is 10.7. The molecule has 0 aromatic heterocycles. The SMILES string of the molecule is Cc1c(Cl)c(C(=O)O)cc(C(F)(F)F)c1OCc1ccccc1. The molecule has 0 bridgehead atoms. The van der Waals surface area contributed by atoms with E-state index in [1.54, 1.807) is 30.3 Å². The molecule has 122 valence electrons. The van der Waals surface area contributed by atoms with Crippen molar-refractivity contribution < 1.29 is 27.8 Å². The molecule has 7 heteroatoms. The highest BCUT2D eigenvalue weighted by molar-refractivity contribution is 6.34. The number of halogens is 4. The van der Waals surface area contributed by atoms with E-state index in [0.29, 0.717) is 11.6 Å². The first kappa shape index (κ1) is 17.1. The van der Waals surface area contributed by atoms with Gasteiger partial charge in [0.05, 0.1) is 16.1 Å². The summed E-state index contributed by atoms with van der Waals surface area (Å²) >= 11 is 5.87. The Labute approximate surface area is 135 Å². The number of carboxylic acid groups (broad SMARTS) is 1. The first-order valence-corrected chi connectivity index (χ1v) is 6.90. The molecule has 2 aromatic carbocycles. The molecule has 0 fully saturated rings. The minimum Gasteiger partial charge on any atom is -0.488 e. The number of ether oxygens (including phenoxy) is 1. The van der Waals surface area contributed by atoms with Crippen molar-refractivity contribution in [3.63, 3.8) is 0 Å². The Morgan fingerprint density at radius 3 is 2.39 bits per heavy atom. The van der Waals surface area contributed by atoms with Crippen molar-refractivity contribution in [1.29, 1.82) is 0 Å². The van der Waals surface area contributed by atoms with Crippen molar-refractivity contribution in [3.05, 3.63) is 63.7 Å². The van der Waals surface area contributed by atoms with Gasteiger partial charge >= 0.3 is 12.1 Å². The summed E-state index contributed by atoms with van der Waals surface area (Å²) in [7, 11) is 0. The van der Waals surface area contributed by atoms with Crippen LogP contribution in [0.3, 0.4) is 0 Å². The Morgan fingerprint density at radius 1 is 1.26 bits per heavy atom. The second kappa shape index (κ2) is 6.50. The highest BCUT2D eigenvalue weighted by atomic mass is 35.5. The van der Waals surface area contributed by atoms with E-state index >= 15 is 0 Å². The van der Waals surface area contributed by atoms with Crippen LogP contribution in [0.1, 0.15) is 27.0 Å². The summed E-state index contributed by atoms with van der Waals surface area (Å²) in [6.07, 6.45) is -4.76. The van der Waals surface area contributed by atoms with Crippen molar-refractivity contribution in [2.75, 3.05) is 0 Å². The van der Waals surface area contributed by atoms with Crippen LogP contribution in [-0.2, 0) is 12.8 Å². The molecule has 0 saturated heterocycles. The van der Waals surface area contributed by atoms with Gasteiger partial charge in [-0.05, 0) is 18.6 Å². The molecule has 0 atom stereocenters. The van der Waals surface area contributed by atoms with E-state index in [0.717, 1.165) is 0 Å². The molecule has 0 aliphatic rings. The maximum atomic E-state index is 13.2. The molecule has 23 heavy (non-hydrogen) atoms. The Bertz CT molecular complexity index is 728. The zero-order valence-corrected chi connectivity index (χ0v) is 12.7. The normalized spacial score (nSPS) is 11.3.